The molecule has 0 radical (unpaired) electrons. The van der Waals surface area contributed by atoms with E-state index in [1.54, 1.807) is 27.8 Å². The number of rotatable bonds is 19. The van der Waals surface area contributed by atoms with Gasteiger partial charge in [-0.3, -0.25) is 24.0 Å². The zero-order chi connectivity index (χ0) is 96.0. The number of carbonyl (C=O) groups is 15. The van der Waals surface area contributed by atoms with Crippen molar-refractivity contribution in [2.75, 3.05) is 55.4 Å². The number of aryl methyl sites for hydroxylation is 2. The van der Waals surface area contributed by atoms with E-state index < -0.39 is 41.9 Å². The van der Waals surface area contributed by atoms with E-state index in [9.17, 15) is 24.0 Å². The fourth-order valence-corrected chi connectivity index (χ4v) is 6.15. The Bertz CT molecular complexity index is 1990. The first-order valence-corrected chi connectivity index (χ1v) is 38.5. The second kappa shape index (κ2) is 177. The van der Waals surface area contributed by atoms with Gasteiger partial charge in [-0.2, -0.15) is 0 Å². The quantitative estimate of drug-likeness (QED) is 0.0581. The number of nitrogens with zero attached hydrogens (tertiary/aromatic N) is 3. The molecule has 726 valence electrons. The third-order valence-corrected chi connectivity index (χ3v) is 13.5. The summed E-state index contributed by atoms with van der Waals surface area (Å²) in [5, 5.41) is 13.8. The summed E-state index contributed by atoms with van der Waals surface area (Å²) in [6.07, 6.45) is 11.3. The van der Waals surface area contributed by atoms with Crippen LogP contribution in [0.1, 0.15) is 264 Å². The summed E-state index contributed by atoms with van der Waals surface area (Å²) in [7, 11) is 9.12. The first-order chi connectivity index (χ1) is 53.5. The number of nitrogens with two attached hydrogens (primary N) is 4. The summed E-state index contributed by atoms with van der Waals surface area (Å²) in [4.78, 5) is 150. The van der Waals surface area contributed by atoms with E-state index >= 15 is 0 Å². The zero-order valence-electron chi connectivity index (χ0n) is 83.1. The number of amides is 5. The van der Waals surface area contributed by atoms with Crippen molar-refractivity contribution in [1.82, 2.24) is 62.2 Å². The van der Waals surface area contributed by atoms with E-state index in [0.717, 1.165) is 68.6 Å². The minimum Gasteiger partial charge on any atom is -0.394 e. The topological polar surface area (TPSA) is 624 Å². The van der Waals surface area contributed by atoms with E-state index in [2.05, 4.69) is 193 Å². The highest BCUT2D eigenvalue weighted by atomic mass is 16.3. The number of aliphatic hydroxyl groups excluding tert-OH is 1. The lowest BCUT2D eigenvalue weighted by atomic mass is 9.96. The van der Waals surface area contributed by atoms with Gasteiger partial charge in [0.05, 0.1) is 0 Å². The van der Waals surface area contributed by atoms with Crippen molar-refractivity contribution >= 4 is 97.4 Å². The third-order valence-electron chi connectivity index (χ3n) is 13.5. The number of hydrogen-bond acceptors (Lipinski definition) is 26. The molecule has 31 nitrogen and oxygen atoms in total. The van der Waals surface area contributed by atoms with Crippen LogP contribution in [0.4, 0.5) is 0 Å². The van der Waals surface area contributed by atoms with Crippen LogP contribution in [0.2, 0.25) is 0 Å². The maximum atomic E-state index is 13.5. The molecule has 29 N–H and O–H groups in total. The molecule has 5 atom stereocenters. The van der Waals surface area contributed by atoms with Crippen molar-refractivity contribution in [1.29, 1.82) is 0 Å². The van der Waals surface area contributed by atoms with E-state index in [1.807, 2.05) is 147 Å². The molecule has 1 aliphatic heterocycles. The minimum atomic E-state index is -0.881. The van der Waals surface area contributed by atoms with Gasteiger partial charge in [-0.1, -0.05) is 251 Å². The van der Waals surface area contributed by atoms with Crippen molar-refractivity contribution in [2.24, 2.45) is 64.4 Å². The molecule has 3 rings (SSSR count). The van der Waals surface area contributed by atoms with E-state index in [1.165, 1.54) is 87.9 Å². The smallest absolute Gasteiger partial charge is 0.245 e. The van der Waals surface area contributed by atoms with Gasteiger partial charge in [-0.15, -0.1) is 6.58 Å². The molecule has 5 amide bonds. The van der Waals surface area contributed by atoms with Crippen LogP contribution in [-0.4, -0.2) is 203 Å². The number of piperidine rings is 1. The van der Waals surface area contributed by atoms with E-state index in [0.29, 0.717) is 19.5 Å². The number of hydrogen-bond donors (Lipinski definition) is 13. The van der Waals surface area contributed by atoms with Crippen molar-refractivity contribution < 1.29 is 78.5 Å². The van der Waals surface area contributed by atoms with E-state index in [4.69, 9.17) is 53.1 Å². The Morgan fingerprint density at radius 3 is 0.840 bits per heavy atom. The lowest BCUT2D eigenvalue weighted by Crippen LogP contribution is -2.60. The summed E-state index contributed by atoms with van der Waals surface area (Å²) >= 11 is 0. The first-order valence-electron chi connectivity index (χ1n) is 38.5. The second-order valence-corrected chi connectivity index (χ2v) is 25.1. The Morgan fingerprint density at radius 1 is 0.429 bits per heavy atom. The molecule has 2 aromatic rings. The summed E-state index contributed by atoms with van der Waals surface area (Å²) in [6.45, 7) is 81.9. The SMILES string of the molecule is C=C(C)CC.C=O.C=O.C=O.C=O.C=O.C=O.C=O.C=O.C=O.C=O.CC.CC(C)C.CC(C)O.CCC(C)C.CCC(C)C.CCC(C)C.CC[C@H](C)[C@H](NC(=O)[C@H](C)N(C)C(=O)[C@@H](NC(=O)[C@H](CC(C)C)N(C)C(C)=O)C(C)C)C(=O)N1CCCCC1.CCc1ccccc1.CCc1ccccc1.CN.CN.CN.CN.N.N.N.N.N.N.[HH]. The molecule has 0 unspecified atom stereocenters. The summed E-state index contributed by atoms with van der Waals surface area (Å²) in [6, 6.07) is 17.8. The lowest BCUT2D eigenvalue weighted by Gasteiger charge is -2.35. The predicted molar refractivity (Wildman–Crippen MR) is 518 cm³/mol. The van der Waals surface area contributed by atoms with Gasteiger partial charge in [0.2, 0.25) is 29.5 Å². The molecule has 0 bridgehead atoms. The number of allylic oxidation sites excluding steroid dienone is 1. The molecule has 1 fully saturated rings. The highest BCUT2D eigenvalue weighted by Crippen LogP contribution is 2.18. The fraction of sp³-hybridized carbons (Fsp3) is 0.670. The summed E-state index contributed by atoms with van der Waals surface area (Å²) < 4.78 is 0. The molecule has 0 aromatic heterocycles. The molecular weight excluding hydrogens is 1520 g/mol. The molecule has 2 aromatic carbocycles. The molecule has 31 heteroatoms. The van der Waals surface area contributed by atoms with Gasteiger partial charge in [0.15, 0.2) is 0 Å². The van der Waals surface area contributed by atoms with Crippen LogP contribution in [0.15, 0.2) is 72.8 Å². The first kappa shape index (κ1) is 190. The Morgan fingerprint density at radius 2 is 0.664 bits per heavy atom. The summed E-state index contributed by atoms with van der Waals surface area (Å²) in [5.41, 5.74) is 22.1. The average molecular weight is 1730 g/mol. The standard InChI is InChI=1S/C29H53N5O5.2C8H10.3C5H12.C5H10.C4H10.C3H8O.C2H6.4CH5N.10CH2O.6H3N.H2/c1-11-20(6)25(29(39)34-15-13-12-14-16-34)31-26(36)21(7)32(9)28(38)24(19(4)5)30-27(37)23(17-18(2)3)33(10)22(8)35;2*1-2-8-6-4-3-5-7-8;4*1-4-5(2)3;1-4(2)3;1-3(2)4;15*1-2;;;;;;;/h18-21,23-25H,11-17H2,1-10H3,(H,30,37)(H,31,36);2*3-7H,2H2,1H3;3*5H,4H2,1-3H3;2,4H2,1,3H3;4H,1-3H3;3-4H,1-2H3;1-2H3;4*2H2,1H3;10*1H2;6*1H3;1H/t20-,21-,23-,24-,25-;;;;;;;;;;;;;;;;;;;;;;;;;;;;;;/m0............................../s1. The fourth-order valence-electron chi connectivity index (χ4n) is 6.15. The molecule has 0 saturated carbocycles. The normalized spacial score (nSPS) is 9.71. The van der Waals surface area contributed by atoms with Gasteiger partial charge in [0.25, 0.3) is 0 Å². The Kier molecular flexibility index (Phi) is 282. The second-order valence-electron chi connectivity index (χ2n) is 25.1. The van der Waals surface area contributed by atoms with E-state index in [-0.39, 0.29) is 74.0 Å². The van der Waals surface area contributed by atoms with Crippen LogP contribution >= 0.6 is 0 Å². The van der Waals surface area contributed by atoms with Crippen LogP contribution in [0.5, 0.6) is 0 Å². The molecule has 0 spiro atoms. The van der Waals surface area contributed by atoms with Crippen molar-refractivity contribution in [3.8, 4) is 0 Å². The number of aliphatic hydroxyl groups is 1. The Balaban J connectivity index is -0.0000000333. The molecule has 1 saturated heterocycles. The highest BCUT2D eigenvalue weighted by Gasteiger charge is 2.37. The predicted octanol–water partition coefficient (Wildman–Crippen LogP) is 15.8. The maximum Gasteiger partial charge on any atom is 0.245 e. The maximum absolute atomic E-state index is 13.5. The van der Waals surface area contributed by atoms with Gasteiger partial charge >= 0.3 is 0 Å². The third kappa shape index (κ3) is 173. The van der Waals surface area contributed by atoms with Crippen LogP contribution in [0.3, 0.4) is 0 Å². The molecule has 0 aliphatic carbocycles. The van der Waals surface area contributed by atoms with Gasteiger partial charge in [-0.05, 0) is 153 Å². The Labute approximate surface area is 733 Å². The number of carbonyl (C=O) groups excluding carboxylic acids is 15. The Hall–Kier alpha value is -8.21. The largest absolute Gasteiger partial charge is 0.394 e. The number of likely N-dealkylation sites (tertiary alicyclic amines) is 1. The van der Waals surface area contributed by atoms with Crippen LogP contribution in [-0.2, 0) is 84.8 Å². The number of likely N-dealkylation sites (N-methyl/N-ethyl adjacent to an activating group) is 2. The van der Waals surface area contributed by atoms with Gasteiger partial charge in [0.1, 0.15) is 92.1 Å². The molecular formula is C88H203N15O16. The zero-order valence-corrected chi connectivity index (χ0v) is 83.1. The van der Waals surface area contributed by atoms with Crippen LogP contribution in [0.25, 0.3) is 0 Å². The summed E-state index contributed by atoms with van der Waals surface area (Å²) in [5.74, 6) is 1.81. The highest BCUT2D eigenvalue weighted by molar-refractivity contribution is 5.95. The minimum absolute atomic E-state index is 0. The van der Waals surface area contributed by atoms with Gasteiger partial charge < -0.3 is 138 Å². The van der Waals surface area contributed by atoms with Gasteiger partial charge in [0, 0.05) is 41.6 Å². The average Bonchev–Trinajstić information content (AvgIpc) is 0.833. The monoisotopic (exact) mass is 1730 g/mol. The van der Waals surface area contributed by atoms with Crippen molar-refractivity contribution in [3.05, 3.63) is 83.9 Å². The van der Waals surface area contributed by atoms with Crippen molar-refractivity contribution in [3.63, 3.8) is 0 Å². The van der Waals surface area contributed by atoms with Crippen LogP contribution < -0.4 is 70.5 Å². The number of benzene rings is 2. The molecule has 1 heterocycles. The van der Waals surface area contributed by atoms with Crippen LogP contribution in [0, 0.1) is 41.4 Å². The van der Waals surface area contributed by atoms with Crippen molar-refractivity contribution in [2.45, 2.75) is 295 Å². The lowest BCUT2D eigenvalue weighted by molar-refractivity contribution is -0.145. The molecule has 1 aliphatic rings. The number of nitrogens with one attached hydrogen (secondary N) is 2. The van der Waals surface area contributed by atoms with Gasteiger partial charge in [-0.25, -0.2) is 0 Å². The molecule has 119 heavy (non-hydrogen) atoms.